The summed E-state index contributed by atoms with van der Waals surface area (Å²) < 4.78 is 40.6. The van der Waals surface area contributed by atoms with Gasteiger partial charge in [0.05, 0.1) is 26.5 Å². The number of fused-ring (bicyclic) bond motifs is 1. The highest BCUT2D eigenvalue weighted by Crippen LogP contribution is 2.37. The number of hydrogen-bond acceptors (Lipinski definition) is 7. The molecule has 1 fully saturated rings. The summed E-state index contributed by atoms with van der Waals surface area (Å²) in [5.41, 5.74) is -0.641. The van der Waals surface area contributed by atoms with Crippen LogP contribution >= 0.6 is 23.1 Å². The summed E-state index contributed by atoms with van der Waals surface area (Å²) in [5, 5.41) is 11.3. The van der Waals surface area contributed by atoms with Crippen molar-refractivity contribution < 1.29 is 22.9 Å². The number of nitrogens with zero attached hydrogens (tertiary/aromatic N) is 4. The third-order valence-corrected chi connectivity index (χ3v) is 7.23. The highest BCUT2D eigenvalue weighted by molar-refractivity contribution is 8.01. The van der Waals surface area contributed by atoms with E-state index in [0.717, 1.165) is 26.7 Å². The van der Waals surface area contributed by atoms with E-state index in [1.54, 1.807) is 9.80 Å². The topological polar surface area (TPSA) is 79.6 Å². The first-order valence-corrected chi connectivity index (χ1v) is 11.4. The molecule has 4 rings (SSSR count). The van der Waals surface area contributed by atoms with Crippen molar-refractivity contribution >= 4 is 50.6 Å². The molecule has 1 aliphatic rings. The molecule has 1 aromatic heterocycles. The Hall–Kier alpha value is -2.86. The Morgan fingerprint density at radius 2 is 1.88 bits per heavy atom. The first-order valence-electron chi connectivity index (χ1n) is 9.59. The fourth-order valence-electron chi connectivity index (χ4n) is 3.44. The first-order chi connectivity index (χ1) is 15.2. The van der Waals surface area contributed by atoms with Crippen LogP contribution in [0.3, 0.4) is 0 Å². The molecule has 0 aliphatic carbocycles. The van der Waals surface area contributed by atoms with Gasteiger partial charge in [-0.25, -0.2) is 4.98 Å². The van der Waals surface area contributed by atoms with Crippen LogP contribution < -0.4 is 4.90 Å². The molecule has 3 aromatic rings. The fraction of sp³-hybridized carbons (Fsp3) is 0.300. The van der Waals surface area contributed by atoms with Gasteiger partial charge < -0.3 is 9.80 Å². The highest BCUT2D eigenvalue weighted by Gasteiger charge is 2.34. The minimum Gasteiger partial charge on any atom is -0.362 e. The number of carbonyl (C=O) groups is 1. The fourth-order valence-corrected chi connectivity index (χ4v) is 5.41. The molecule has 2 heterocycles. The van der Waals surface area contributed by atoms with Gasteiger partial charge in [0.15, 0.2) is 4.34 Å². The maximum atomic E-state index is 12.9. The number of benzene rings is 2. The number of amides is 1. The highest BCUT2D eigenvalue weighted by atomic mass is 32.2. The molecule has 32 heavy (non-hydrogen) atoms. The van der Waals surface area contributed by atoms with Crippen LogP contribution in [0.5, 0.6) is 0 Å². The molecule has 2 aromatic carbocycles. The van der Waals surface area contributed by atoms with Crippen LogP contribution in [0.1, 0.15) is 5.56 Å². The Labute approximate surface area is 189 Å². The summed E-state index contributed by atoms with van der Waals surface area (Å²) >= 11 is 2.88. The molecule has 12 heteroatoms. The van der Waals surface area contributed by atoms with Crippen LogP contribution in [0.15, 0.2) is 46.8 Å². The third-order valence-electron chi connectivity index (χ3n) is 5.07. The number of piperazine rings is 1. The van der Waals surface area contributed by atoms with Crippen molar-refractivity contribution in [1.82, 2.24) is 9.88 Å². The molecule has 1 aliphatic heterocycles. The van der Waals surface area contributed by atoms with E-state index < -0.39 is 22.4 Å². The second-order valence-corrected chi connectivity index (χ2v) is 9.32. The molecule has 0 radical (unpaired) electrons. The van der Waals surface area contributed by atoms with E-state index in [-0.39, 0.29) is 17.3 Å². The van der Waals surface area contributed by atoms with Crippen molar-refractivity contribution in [2.24, 2.45) is 0 Å². The Kier molecular flexibility index (Phi) is 6.24. The van der Waals surface area contributed by atoms with Crippen LogP contribution in [0, 0.1) is 10.1 Å². The van der Waals surface area contributed by atoms with Crippen molar-refractivity contribution in [2.75, 3.05) is 36.8 Å². The van der Waals surface area contributed by atoms with Crippen LogP contribution in [-0.2, 0) is 11.0 Å². The maximum absolute atomic E-state index is 12.9. The van der Waals surface area contributed by atoms with E-state index >= 15 is 0 Å². The van der Waals surface area contributed by atoms with Gasteiger partial charge in [-0.3, -0.25) is 14.9 Å². The van der Waals surface area contributed by atoms with Gasteiger partial charge in [-0.2, -0.15) is 13.2 Å². The second-order valence-electron chi connectivity index (χ2n) is 7.06. The van der Waals surface area contributed by atoms with Crippen LogP contribution in [0.2, 0.25) is 0 Å². The number of nitro benzene ring substituents is 1. The summed E-state index contributed by atoms with van der Waals surface area (Å²) in [6, 6.07) is 10.2. The SMILES string of the molecule is O=C(CSc1nc2ccccc2s1)N1CCN(c2ccc(C(F)(F)F)cc2[N+](=O)[O-])CC1. The number of nitro groups is 1. The maximum Gasteiger partial charge on any atom is 0.416 e. The molecule has 0 saturated carbocycles. The van der Waals surface area contributed by atoms with Gasteiger partial charge in [0.1, 0.15) is 5.69 Å². The van der Waals surface area contributed by atoms with E-state index in [0.29, 0.717) is 32.2 Å². The number of rotatable bonds is 5. The number of alkyl halides is 3. The zero-order valence-electron chi connectivity index (χ0n) is 16.5. The zero-order chi connectivity index (χ0) is 22.9. The van der Waals surface area contributed by atoms with Gasteiger partial charge in [0.25, 0.3) is 5.69 Å². The van der Waals surface area contributed by atoms with Gasteiger partial charge in [0.2, 0.25) is 5.91 Å². The quantitative estimate of drug-likeness (QED) is 0.299. The zero-order valence-corrected chi connectivity index (χ0v) is 18.2. The number of thiazole rings is 1. The number of aromatic nitrogens is 1. The number of para-hydroxylation sites is 1. The van der Waals surface area contributed by atoms with Gasteiger partial charge in [-0.1, -0.05) is 23.9 Å². The van der Waals surface area contributed by atoms with E-state index in [1.807, 2.05) is 24.3 Å². The average Bonchev–Trinajstić information content (AvgIpc) is 3.19. The Morgan fingerprint density at radius 1 is 1.16 bits per heavy atom. The lowest BCUT2D eigenvalue weighted by atomic mass is 10.1. The molecule has 1 saturated heterocycles. The summed E-state index contributed by atoms with van der Waals surface area (Å²) in [5.74, 6) is 0.149. The summed E-state index contributed by atoms with van der Waals surface area (Å²) in [7, 11) is 0. The molecular formula is C20H17F3N4O3S2. The Morgan fingerprint density at radius 3 is 2.53 bits per heavy atom. The second kappa shape index (κ2) is 8.94. The number of anilines is 1. The molecule has 7 nitrogen and oxygen atoms in total. The molecule has 0 atom stereocenters. The summed E-state index contributed by atoms with van der Waals surface area (Å²) in [4.78, 5) is 30.9. The summed E-state index contributed by atoms with van der Waals surface area (Å²) in [6.45, 7) is 1.25. The molecule has 0 N–H and O–H groups in total. The van der Waals surface area contributed by atoms with Gasteiger partial charge in [0, 0.05) is 32.2 Å². The lowest BCUT2D eigenvalue weighted by Crippen LogP contribution is -2.49. The molecule has 0 spiro atoms. The van der Waals surface area contributed by atoms with E-state index in [9.17, 15) is 28.1 Å². The normalized spacial score (nSPS) is 14.7. The molecule has 0 unspecified atom stereocenters. The lowest BCUT2D eigenvalue weighted by molar-refractivity contribution is -0.384. The largest absolute Gasteiger partial charge is 0.416 e. The Balaban J connectivity index is 1.37. The summed E-state index contributed by atoms with van der Waals surface area (Å²) in [6.07, 6.45) is -4.66. The molecule has 168 valence electrons. The van der Waals surface area contributed by atoms with Gasteiger partial charge in [-0.15, -0.1) is 11.3 Å². The van der Waals surface area contributed by atoms with Crippen molar-refractivity contribution in [1.29, 1.82) is 0 Å². The molecule has 0 bridgehead atoms. The van der Waals surface area contributed by atoms with Crippen LogP contribution in [0.25, 0.3) is 10.2 Å². The number of hydrogen-bond donors (Lipinski definition) is 0. The van der Waals surface area contributed by atoms with E-state index in [4.69, 9.17) is 0 Å². The van der Waals surface area contributed by atoms with Crippen molar-refractivity contribution in [2.45, 2.75) is 10.5 Å². The minimum atomic E-state index is -4.66. The lowest BCUT2D eigenvalue weighted by Gasteiger charge is -2.35. The minimum absolute atomic E-state index is 0.0733. The third kappa shape index (κ3) is 4.80. The predicted octanol–water partition coefficient (Wildman–Crippen LogP) is 4.66. The van der Waals surface area contributed by atoms with Gasteiger partial charge >= 0.3 is 6.18 Å². The van der Waals surface area contributed by atoms with E-state index in [2.05, 4.69) is 4.98 Å². The smallest absolute Gasteiger partial charge is 0.362 e. The van der Waals surface area contributed by atoms with Crippen molar-refractivity contribution in [3.8, 4) is 0 Å². The van der Waals surface area contributed by atoms with Crippen LogP contribution in [-0.4, -0.2) is 52.6 Å². The standard InChI is InChI=1S/C20H17F3N4O3S2/c21-20(22,23)13-5-6-15(16(11-13)27(29)30)25-7-9-26(10-8-25)18(28)12-31-19-24-14-3-1-2-4-17(14)32-19/h1-6,11H,7-10,12H2. The number of halogens is 3. The number of thioether (sulfide) groups is 1. The molecule has 1 amide bonds. The number of carbonyl (C=O) groups excluding carboxylic acids is 1. The van der Waals surface area contributed by atoms with E-state index in [1.165, 1.54) is 23.1 Å². The van der Waals surface area contributed by atoms with Crippen LogP contribution in [0.4, 0.5) is 24.5 Å². The van der Waals surface area contributed by atoms with Crippen molar-refractivity contribution in [3.63, 3.8) is 0 Å². The average molecular weight is 483 g/mol. The predicted molar refractivity (Wildman–Crippen MR) is 117 cm³/mol. The van der Waals surface area contributed by atoms with Gasteiger partial charge in [-0.05, 0) is 24.3 Å². The Bertz CT molecular complexity index is 1130. The monoisotopic (exact) mass is 482 g/mol. The van der Waals surface area contributed by atoms with Crippen molar-refractivity contribution in [3.05, 3.63) is 58.1 Å². The molecular weight excluding hydrogens is 465 g/mol. The first kappa shape index (κ1) is 22.3.